The van der Waals surface area contributed by atoms with Crippen LogP contribution in [0.4, 0.5) is 4.79 Å². The molecule has 3 amide bonds. The van der Waals surface area contributed by atoms with E-state index in [9.17, 15) is 9.59 Å². The molecule has 170 valence electrons. The van der Waals surface area contributed by atoms with Crippen LogP contribution in [0.15, 0.2) is 78.5 Å². The Hall–Kier alpha value is -3.83. The Morgan fingerprint density at radius 3 is 2.24 bits per heavy atom. The molecular formula is C28H24ClN3O2. The van der Waals surface area contributed by atoms with Crippen LogP contribution in [-0.2, 0) is 17.9 Å². The number of carbonyl (C=O) groups excluding carboxylic acids is 2. The summed E-state index contributed by atoms with van der Waals surface area (Å²) in [4.78, 5) is 27.0. The Bertz CT molecular complexity index is 1430. The van der Waals surface area contributed by atoms with E-state index < -0.39 is 6.03 Å². The number of nitrogens with one attached hydrogen (secondary N) is 1. The van der Waals surface area contributed by atoms with Gasteiger partial charge in [-0.05, 0) is 49.2 Å². The van der Waals surface area contributed by atoms with Crippen molar-refractivity contribution in [3.8, 4) is 0 Å². The van der Waals surface area contributed by atoms with Crippen LogP contribution in [0.3, 0.4) is 0 Å². The first-order chi connectivity index (χ1) is 16.4. The van der Waals surface area contributed by atoms with E-state index in [0.717, 1.165) is 38.9 Å². The fourth-order valence-electron chi connectivity index (χ4n) is 4.35. The number of aromatic nitrogens is 1. The molecule has 1 aliphatic heterocycles. The van der Waals surface area contributed by atoms with Gasteiger partial charge in [0.25, 0.3) is 5.91 Å². The molecule has 0 aliphatic carbocycles. The number of hydrogen-bond donors (Lipinski definition) is 1. The van der Waals surface area contributed by atoms with Crippen LogP contribution in [0, 0.1) is 13.8 Å². The molecule has 1 N–H and O–H groups in total. The number of fused-ring (bicyclic) bond motifs is 1. The summed E-state index contributed by atoms with van der Waals surface area (Å²) in [5, 5.41) is 4.50. The molecule has 0 atom stereocenters. The zero-order valence-corrected chi connectivity index (χ0v) is 19.8. The van der Waals surface area contributed by atoms with Gasteiger partial charge in [-0.25, -0.2) is 4.79 Å². The fourth-order valence-corrected chi connectivity index (χ4v) is 4.48. The number of benzene rings is 3. The maximum absolute atomic E-state index is 13.1. The number of hydrogen-bond acceptors (Lipinski definition) is 2. The second-order valence-corrected chi connectivity index (χ2v) is 9.03. The average Bonchev–Trinajstić information content (AvgIpc) is 3.25. The van der Waals surface area contributed by atoms with E-state index >= 15 is 0 Å². The second-order valence-electron chi connectivity index (χ2n) is 8.59. The average molecular weight is 470 g/mol. The lowest BCUT2D eigenvalue weighted by Crippen LogP contribution is -2.30. The first kappa shape index (κ1) is 22.0. The molecule has 34 heavy (non-hydrogen) atoms. The highest BCUT2D eigenvalue weighted by molar-refractivity contribution is 6.30. The molecule has 5 rings (SSSR count). The summed E-state index contributed by atoms with van der Waals surface area (Å²) >= 11 is 6.05. The molecule has 0 saturated carbocycles. The number of imide groups is 1. The molecule has 0 unspecified atom stereocenters. The number of carbonyl (C=O) groups is 2. The Morgan fingerprint density at radius 1 is 0.853 bits per heavy atom. The topological polar surface area (TPSA) is 54.3 Å². The lowest BCUT2D eigenvalue weighted by molar-refractivity contribution is -0.123. The van der Waals surface area contributed by atoms with Crippen molar-refractivity contribution < 1.29 is 9.59 Å². The summed E-state index contributed by atoms with van der Waals surface area (Å²) in [6.07, 6.45) is 1.80. The third-order valence-electron chi connectivity index (χ3n) is 6.25. The molecule has 0 spiro atoms. The van der Waals surface area contributed by atoms with Crippen LogP contribution in [0.5, 0.6) is 0 Å². The van der Waals surface area contributed by atoms with E-state index in [1.54, 1.807) is 6.08 Å². The van der Waals surface area contributed by atoms with Gasteiger partial charge in [0.2, 0.25) is 0 Å². The van der Waals surface area contributed by atoms with Gasteiger partial charge in [0.05, 0.1) is 6.54 Å². The lowest BCUT2D eigenvalue weighted by Gasteiger charge is -2.11. The van der Waals surface area contributed by atoms with Gasteiger partial charge >= 0.3 is 6.03 Å². The molecule has 0 radical (unpaired) electrons. The van der Waals surface area contributed by atoms with Crippen molar-refractivity contribution in [1.29, 1.82) is 0 Å². The Kier molecular flexibility index (Phi) is 5.72. The molecule has 5 nitrogen and oxygen atoms in total. The first-order valence-corrected chi connectivity index (χ1v) is 11.5. The Morgan fingerprint density at radius 2 is 1.50 bits per heavy atom. The third kappa shape index (κ3) is 4.11. The SMILES string of the molecule is Cc1ccc(CN2C(=O)N/C(=C/c3c(C)n(Cc4ccc(Cl)cc4)c4ccccc34)C2=O)cc1. The predicted octanol–water partition coefficient (Wildman–Crippen LogP) is 6.05. The molecule has 3 aromatic carbocycles. The van der Waals surface area contributed by atoms with Crippen LogP contribution in [0.25, 0.3) is 17.0 Å². The van der Waals surface area contributed by atoms with Crippen molar-refractivity contribution in [3.63, 3.8) is 0 Å². The molecule has 1 aromatic heterocycles. The quantitative estimate of drug-likeness (QED) is 0.285. The molecule has 1 saturated heterocycles. The van der Waals surface area contributed by atoms with Gasteiger partial charge in [-0.15, -0.1) is 0 Å². The monoisotopic (exact) mass is 469 g/mol. The summed E-state index contributed by atoms with van der Waals surface area (Å²) in [7, 11) is 0. The van der Waals surface area contributed by atoms with E-state index in [1.807, 2.05) is 80.6 Å². The summed E-state index contributed by atoms with van der Waals surface area (Å²) < 4.78 is 2.22. The van der Waals surface area contributed by atoms with Crippen molar-refractivity contribution in [1.82, 2.24) is 14.8 Å². The van der Waals surface area contributed by atoms with Crippen LogP contribution in [0.1, 0.15) is 27.9 Å². The minimum absolute atomic E-state index is 0.236. The third-order valence-corrected chi connectivity index (χ3v) is 6.50. The van der Waals surface area contributed by atoms with Crippen LogP contribution in [-0.4, -0.2) is 21.4 Å². The molecule has 1 fully saturated rings. The van der Waals surface area contributed by atoms with E-state index in [4.69, 9.17) is 11.6 Å². The minimum atomic E-state index is -0.403. The number of para-hydroxylation sites is 1. The molecule has 0 bridgehead atoms. The van der Waals surface area contributed by atoms with E-state index in [1.165, 1.54) is 4.90 Å². The zero-order valence-electron chi connectivity index (χ0n) is 19.0. The Labute approximate surface area is 203 Å². The molecule has 2 heterocycles. The highest BCUT2D eigenvalue weighted by Crippen LogP contribution is 2.30. The predicted molar refractivity (Wildman–Crippen MR) is 135 cm³/mol. The van der Waals surface area contributed by atoms with Crippen molar-refractivity contribution in [2.75, 3.05) is 0 Å². The molecule has 6 heteroatoms. The van der Waals surface area contributed by atoms with E-state index in [-0.39, 0.29) is 18.1 Å². The Balaban J connectivity index is 1.49. The van der Waals surface area contributed by atoms with Gasteiger partial charge < -0.3 is 9.88 Å². The van der Waals surface area contributed by atoms with Crippen LogP contribution < -0.4 is 5.32 Å². The molecule has 1 aliphatic rings. The van der Waals surface area contributed by atoms with Gasteiger partial charge in [0, 0.05) is 33.7 Å². The van der Waals surface area contributed by atoms with Crippen LogP contribution >= 0.6 is 11.6 Å². The van der Waals surface area contributed by atoms with E-state index in [2.05, 4.69) is 16.0 Å². The number of halogens is 1. The van der Waals surface area contributed by atoms with Gasteiger partial charge in [0.15, 0.2) is 0 Å². The van der Waals surface area contributed by atoms with Crippen molar-refractivity contribution >= 4 is 40.5 Å². The number of urea groups is 1. The van der Waals surface area contributed by atoms with Gasteiger partial charge in [-0.2, -0.15) is 0 Å². The number of rotatable bonds is 5. The second kappa shape index (κ2) is 8.84. The normalized spacial score (nSPS) is 14.9. The minimum Gasteiger partial charge on any atom is -0.340 e. The van der Waals surface area contributed by atoms with Gasteiger partial charge in [-0.3, -0.25) is 9.69 Å². The highest BCUT2D eigenvalue weighted by atomic mass is 35.5. The highest BCUT2D eigenvalue weighted by Gasteiger charge is 2.34. The van der Waals surface area contributed by atoms with Gasteiger partial charge in [0.1, 0.15) is 5.70 Å². The molecule has 4 aromatic rings. The number of amides is 3. The zero-order chi connectivity index (χ0) is 23.8. The molecular weight excluding hydrogens is 446 g/mol. The largest absolute Gasteiger partial charge is 0.340 e. The van der Waals surface area contributed by atoms with Crippen molar-refractivity contribution in [2.45, 2.75) is 26.9 Å². The standard InChI is InChI=1S/C28H24ClN3O2/c1-18-7-9-20(10-8-18)17-32-27(33)25(30-28(32)34)15-24-19(2)31(26-6-4-3-5-23(24)26)16-21-11-13-22(29)14-12-21/h3-15H,16-17H2,1-2H3,(H,30,34)/b25-15+. The summed E-state index contributed by atoms with van der Waals surface area (Å²) in [6, 6.07) is 23.3. The smallest absolute Gasteiger partial charge is 0.329 e. The first-order valence-electron chi connectivity index (χ1n) is 11.1. The maximum Gasteiger partial charge on any atom is 0.329 e. The summed E-state index contributed by atoms with van der Waals surface area (Å²) in [6.45, 7) is 4.95. The van der Waals surface area contributed by atoms with Gasteiger partial charge in [-0.1, -0.05) is 71.8 Å². The van der Waals surface area contributed by atoms with E-state index in [0.29, 0.717) is 11.6 Å². The summed E-state index contributed by atoms with van der Waals surface area (Å²) in [5.74, 6) is -0.320. The lowest BCUT2D eigenvalue weighted by atomic mass is 10.1. The van der Waals surface area contributed by atoms with Crippen LogP contribution in [0.2, 0.25) is 5.02 Å². The maximum atomic E-state index is 13.1. The van der Waals surface area contributed by atoms with Crippen molar-refractivity contribution in [2.24, 2.45) is 0 Å². The summed E-state index contributed by atoms with van der Waals surface area (Å²) in [5.41, 5.74) is 6.46. The fraction of sp³-hybridized carbons (Fsp3) is 0.143. The van der Waals surface area contributed by atoms with Crippen molar-refractivity contribution in [3.05, 3.63) is 111 Å². The number of nitrogens with zero attached hydrogens (tertiary/aromatic N) is 2. The number of aryl methyl sites for hydroxylation is 1.